The van der Waals surface area contributed by atoms with E-state index in [2.05, 4.69) is 15.9 Å². The fourth-order valence-electron chi connectivity index (χ4n) is 2.54. The van der Waals surface area contributed by atoms with Crippen molar-refractivity contribution in [1.29, 1.82) is 0 Å². The van der Waals surface area contributed by atoms with Gasteiger partial charge in [0.25, 0.3) is 0 Å². The molecule has 3 aromatic carbocycles. The lowest BCUT2D eigenvalue weighted by molar-refractivity contribution is 0.108. The van der Waals surface area contributed by atoms with Crippen LogP contribution in [0.1, 0.15) is 31.1 Å². The van der Waals surface area contributed by atoms with Gasteiger partial charge in [-0.2, -0.15) is 0 Å². The van der Waals surface area contributed by atoms with E-state index in [-0.39, 0.29) is 16.7 Å². The lowest BCUT2D eigenvalue weighted by atomic mass is 9.93. The minimum atomic E-state index is 0.143. The highest BCUT2D eigenvalue weighted by Crippen LogP contribution is 2.29. The van der Waals surface area contributed by atoms with E-state index in [0.717, 1.165) is 20.6 Å². The second kappa shape index (κ2) is 5.22. The Hall–Kier alpha value is -2.33. The van der Waals surface area contributed by atoms with Crippen LogP contribution >= 0.6 is 15.9 Å². The van der Waals surface area contributed by atoms with Gasteiger partial charge in [0.05, 0.1) is 0 Å². The quantitative estimate of drug-likeness (QED) is 0.530. The molecule has 0 amide bonds. The van der Waals surface area contributed by atoms with Crippen molar-refractivity contribution in [3.05, 3.63) is 57.6 Å². The second-order valence-electron chi connectivity index (χ2n) is 4.71. The maximum absolute atomic E-state index is 11.4. The number of aldehydes is 3. The Balaban J connectivity index is 2.52. The molecule has 0 atom stereocenters. The van der Waals surface area contributed by atoms with Crippen molar-refractivity contribution >= 4 is 56.3 Å². The predicted molar refractivity (Wildman–Crippen MR) is 85.3 cm³/mol. The largest absolute Gasteiger partial charge is 0.298 e. The van der Waals surface area contributed by atoms with E-state index in [0.29, 0.717) is 24.2 Å². The molecule has 102 valence electrons. The molecule has 0 unspecified atom stereocenters. The lowest BCUT2D eigenvalue weighted by Crippen LogP contribution is -1.99. The standard InChI is InChI=1S/C17H9BrO3/c18-14-2-1-10-6-15-12(3-11(10)5-14)4-13(7-19)16(8-20)17(15)9-21/h1-9H. The van der Waals surface area contributed by atoms with Crippen LogP contribution in [0.4, 0.5) is 0 Å². The average Bonchev–Trinajstić information content (AvgIpc) is 2.50. The van der Waals surface area contributed by atoms with Gasteiger partial charge in [-0.1, -0.05) is 22.0 Å². The highest BCUT2D eigenvalue weighted by Gasteiger charge is 2.13. The maximum atomic E-state index is 11.4. The topological polar surface area (TPSA) is 51.2 Å². The van der Waals surface area contributed by atoms with E-state index < -0.39 is 0 Å². The summed E-state index contributed by atoms with van der Waals surface area (Å²) in [5, 5.41) is 3.39. The first-order valence-corrected chi connectivity index (χ1v) is 7.03. The van der Waals surface area contributed by atoms with Crippen LogP contribution in [-0.2, 0) is 0 Å². The molecular weight excluding hydrogens is 332 g/mol. The summed E-state index contributed by atoms with van der Waals surface area (Å²) < 4.78 is 0.949. The minimum Gasteiger partial charge on any atom is -0.298 e. The molecule has 0 heterocycles. The fraction of sp³-hybridized carbons (Fsp3) is 0. The zero-order chi connectivity index (χ0) is 15.0. The van der Waals surface area contributed by atoms with Gasteiger partial charge in [0.15, 0.2) is 18.9 Å². The molecular formula is C17H9BrO3. The summed E-state index contributed by atoms with van der Waals surface area (Å²) in [7, 11) is 0. The fourth-order valence-corrected chi connectivity index (χ4v) is 2.92. The normalized spacial score (nSPS) is 10.7. The molecule has 0 bridgehead atoms. The van der Waals surface area contributed by atoms with E-state index in [1.165, 1.54) is 0 Å². The number of benzene rings is 3. The van der Waals surface area contributed by atoms with Gasteiger partial charge < -0.3 is 0 Å². The van der Waals surface area contributed by atoms with Gasteiger partial charge in [0, 0.05) is 21.2 Å². The van der Waals surface area contributed by atoms with E-state index in [4.69, 9.17) is 0 Å². The summed E-state index contributed by atoms with van der Waals surface area (Å²) in [6.45, 7) is 0. The molecule has 3 nitrogen and oxygen atoms in total. The molecule has 3 rings (SSSR count). The molecule has 0 aliphatic carbocycles. The van der Waals surface area contributed by atoms with Crippen LogP contribution in [0.15, 0.2) is 40.9 Å². The van der Waals surface area contributed by atoms with E-state index in [1.807, 2.05) is 30.3 Å². The molecule has 0 radical (unpaired) electrons. The zero-order valence-electron chi connectivity index (χ0n) is 10.8. The van der Waals surface area contributed by atoms with Crippen LogP contribution in [0.25, 0.3) is 21.5 Å². The Morgan fingerprint density at radius 3 is 2.14 bits per heavy atom. The first kappa shape index (κ1) is 13.6. The van der Waals surface area contributed by atoms with Crippen molar-refractivity contribution in [2.75, 3.05) is 0 Å². The van der Waals surface area contributed by atoms with E-state index in [1.54, 1.807) is 6.07 Å². The van der Waals surface area contributed by atoms with Crippen LogP contribution < -0.4 is 0 Å². The predicted octanol–water partition coefficient (Wildman–Crippen LogP) is 4.19. The van der Waals surface area contributed by atoms with Gasteiger partial charge in [0.1, 0.15) is 0 Å². The van der Waals surface area contributed by atoms with E-state index >= 15 is 0 Å². The number of fused-ring (bicyclic) bond motifs is 2. The van der Waals surface area contributed by atoms with Crippen molar-refractivity contribution in [1.82, 2.24) is 0 Å². The number of rotatable bonds is 3. The molecule has 0 aliphatic heterocycles. The van der Waals surface area contributed by atoms with Crippen LogP contribution in [0.2, 0.25) is 0 Å². The van der Waals surface area contributed by atoms with Crippen molar-refractivity contribution in [2.24, 2.45) is 0 Å². The van der Waals surface area contributed by atoms with Crippen LogP contribution in [-0.4, -0.2) is 18.9 Å². The lowest BCUT2D eigenvalue weighted by Gasteiger charge is -2.09. The number of carbonyl (C=O) groups is 3. The monoisotopic (exact) mass is 340 g/mol. The van der Waals surface area contributed by atoms with Crippen LogP contribution in [0.5, 0.6) is 0 Å². The smallest absolute Gasteiger partial charge is 0.151 e. The third-order valence-corrected chi connectivity index (χ3v) is 4.03. The molecule has 0 saturated heterocycles. The van der Waals surface area contributed by atoms with Gasteiger partial charge in [-0.05, 0) is 51.9 Å². The van der Waals surface area contributed by atoms with Gasteiger partial charge in [-0.25, -0.2) is 0 Å². The summed E-state index contributed by atoms with van der Waals surface area (Å²) in [5.41, 5.74) is 0.632. The van der Waals surface area contributed by atoms with Gasteiger partial charge >= 0.3 is 0 Å². The molecule has 21 heavy (non-hydrogen) atoms. The molecule has 0 aromatic heterocycles. The Labute approximate surface area is 128 Å². The minimum absolute atomic E-state index is 0.143. The summed E-state index contributed by atoms with van der Waals surface area (Å²) >= 11 is 3.42. The van der Waals surface area contributed by atoms with Crippen LogP contribution in [0, 0.1) is 0 Å². The molecule has 0 aliphatic rings. The van der Waals surface area contributed by atoms with Gasteiger partial charge in [-0.15, -0.1) is 0 Å². The Kier molecular flexibility index (Phi) is 3.39. The number of hydrogen-bond acceptors (Lipinski definition) is 3. The Morgan fingerprint density at radius 2 is 1.48 bits per heavy atom. The third-order valence-electron chi connectivity index (χ3n) is 3.54. The first-order valence-electron chi connectivity index (χ1n) is 6.23. The Morgan fingerprint density at radius 1 is 0.714 bits per heavy atom. The van der Waals surface area contributed by atoms with Crippen molar-refractivity contribution < 1.29 is 14.4 Å². The second-order valence-corrected chi connectivity index (χ2v) is 5.63. The highest BCUT2D eigenvalue weighted by atomic mass is 79.9. The molecule has 4 heteroatoms. The third kappa shape index (κ3) is 2.17. The Bertz CT molecular complexity index is 913. The summed E-state index contributed by atoms with van der Waals surface area (Å²) in [5.74, 6) is 0. The molecule has 3 aromatic rings. The highest BCUT2D eigenvalue weighted by molar-refractivity contribution is 9.10. The summed E-state index contributed by atoms with van der Waals surface area (Å²) in [6, 6.07) is 11.2. The SMILES string of the molecule is O=Cc1cc2cc3cc(Br)ccc3cc2c(C=O)c1C=O. The van der Waals surface area contributed by atoms with Crippen LogP contribution in [0.3, 0.4) is 0 Å². The first-order chi connectivity index (χ1) is 10.2. The van der Waals surface area contributed by atoms with Crippen molar-refractivity contribution in [3.63, 3.8) is 0 Å². The summed E-state index contributed by atoms with van der Waals surface area (Å²) in [4.78, 5) is 33.7. The zero-order valence-corrected chi connectivity index (χ0v) is 12.4. The molecule has 0 spiro atoms. The van der Waals surface area contributed by atoms with Crippen molar-refractivity contribution in [3.8, 4) is 0 Å². The van der Waals surface area contributed by atoms with Crippen molar-refractivity contribution in [2.45, 2.75) is 0 Å². The number of halogens is 1. The maximum Gasteiger partial charge on any atom is 0.151 e. The molecule has 0 N–H and O–H groups in total. The molecule has 0 saturated carbocycles. The van der Waals surface area contributed by atoms with Gasteiger partial charge in [-0.3, -0.25) is 14.4 Å². The molecule has 0 fully saturated rings. The van der Waals surface area contributed by atoms with E-state index in [9.17, 15) is 14.4 Å². The average molecular weight is 341 g/mol. The van der Waals surface area contributed by atoms with Gasteiger partial charge in [0.2, 0.25) is 0 Å². The number of hydrogen-bond donors (Lipinski definition) is 0. The summed E-state index contributed by atoms with van der Waals surface area (Å²) in [6.07, 6.45) is 1.78. The number of carbonyl (C=O) groups excluding carboxylic acids is 3.